The van der Waals surface area contributed by atoms with E-state index < -0.39 is 5.97 Å². The number of aliphatic carboxylic acids is 1. The van der Waals surface area contributed by atoms with E-state index in [0.29, 0.717) is 39.5 Å². The van der Waals surface area contributed by atoms with Crippen molar-refractivity contribution in [2.45, 2.75) is 208 Å². The predicted molar refractivity (Wildman–Crippen MR) is 204 cm³/mol. The van der Waals surface area contributed by atoms with Crippen molar-refractivity contribution in [3.63, 3.8) is 0 Å². The van der Waals surface area contributed by atoms with Gasteiger partial charge in [0.25, 0.3) is 0 Å². The van der Waals surface area contributed by atoms with Gasteiger partial charge in [0.2, 0.25) is 0 Å². The maximum absolute atomic E-state index is 10.3. The summed E-state index contributed by atoms with van der Waals surface area (Å²) in [7, 11) is 0. The summed E-state index contributed by atoms with van der Waals surface area (Å²) in [6.45, 7) is 14.2. The minimum absolute atomic E-state index is 0. The van der Waals surface area contributed by atoms with Gasteiger partial charge in [-0.1, -0.05) is 164 Å². The molecule has 0 bridgehead atoms. The van der Waals surface area contributed by atoms with Crippen molar-refractivity contribution in [3.05, 3.63) is 0 Å². The van der Waals surface area contributed by atoms with E-state index in [9.17, 15) is 4.79 Å². The van der Waals surface area contributed by atoms with E-state index in [1.807, 2.05) is 0 Å². The Kier molecular flexibility index (Phi) is 125. The van der Waals surface area contributed by atoms with Crippen LogP contribution in [0.2, 0.25) is 0 Å². The number of hydrogen-bond donors (Lipinski definition) is 6. The molecule has 0 amide bonds. The number of carboxylic acid groups (broad SMARTS) is 1. The van der Waals surface area contributed by atoms with Crippen molar-refractivity contribution in [2.24, 2.45) is 0 Å². The second-order valence-electron chi connectivity index (χ2n) is 11.5. The Labute approximate surface area is 314 Å². The van der Waals surface area contributed by atoms with E-state index >= 15 is 0 Å². The molecule has 0 fully saturated rings. The van der Waals surface area contributed by atoms with Crippen LogP contribution in [0, 0.1) is 0 Å². The first-order chi connectivity index (χ1) is 21.8. The van der Waals surface area contributed by atoms with Gasteiger partial charge in [0.1, 0.15) is 0 Å². The summed E-state index contributed by atoms with van der Waals surface area (Å²) in [5, 5.41) is 48.8. The van der Waals surface area contributed by atoms with Crippen molar-refractivity contribution in [3.8, 4) is 0 Å². The summed E-state index contributed by atoms with van der Waals surface area (Å²) in [5.74, 6) is -0.653. The first-order valence-electron chi connectivity index (χ1n) is 19.1. The fraction of sp³-hybridized carbons (Fsp3) is 0.974. The SMILES string of the molecule is CCCCCCCCCCCCCCCCCC(=O)O.CCCCO.CCCCO.CCCCO.CCCCO.CCCCO.O.O.[Ti]. The first-order valence-corrected chi connectivity index (χ1v) is 19.1. The number of unbranched alkanes of at least 4 members (excludes halogenated alkanes) is 19. The van der Waals surface area contributed by atoms with Crippen molar-refractivity contribution in [1.82, 2.24) is 0 Å². The Morgan fingerprint density at radius 1 is 0.333 bits per heavy atom. The van der Waals surface area contributed by atoms with E-state index in [0.717, 1.165) is 77.0 Å². The summed E-state index contributed by atoms with van der Waals surface area (Å²) >= 11 is 0. The van der Waals surface area contributed by atoms with Crippen molar-refractivity contribution >= 4 is 5.97 Å². The molecule has 0 aromatic carbocycles. The predicted octanol–water partition coefficient (Wildman–Crippen LogP) is 8.57. The zero-order chi connectivity index (χ0) is 35.5. The van der Waals surface area contributed by atoms with Gasteiger partial charge in [-0.05, 0) is 38.5 Å². The minimum atomic E-state index is -0.653. The van der Waals surface area contributed by atoms with E-state index in [-0.39, 0.29) is 32.7 Å². The fourth-order valence-electron chi connectivity index (χ4n) is 3.44. The second-order valence-corrected chi connectivity index (χ2v) is 11.5. The molecule has 0 saturated heterocycles. The quantitative estimate of drug-likeness (QED) is 0.0377. The van der Waals surface area contributed by atoms with Crippen molar-refractivity contribution < 1.29 is 68.1 Å². The molecule has 0 radical (unpaired) electrons. The molecule has 0 aliphatic heterocycles. The van der Waals surface area contributed by atoms with E-state index in [1.165, 1.54) is 83.5 Å². The Bertz CT molecular complexity index is 377. The fourth-order valence-corrected chi connectivity index (χ4v) is 3.44. The molecule has 0 rings (SSSR count). The molecule has 0 heterocycles. The third-order valence-corrected chi connectivity index (χ3v) is 6.55. The third kappa shape index (κ3) is 128. The van der Waals surface area contributed by atoms with Gasteiger partial charge in [-0.3, -0.25) is 4.79 Å². The summed E-state index contributed by atoms with van der Waals surface area (Å²) in [4.78, 5) is 10.3. The molecule has 0 aliphatic carbocycles. The number of aliphatic hydroxyl groups is 5. The van der Waals surface area contributed by atoms with Gasteiger partial charge in [-0.15, -0.1) is 0 Å². The monoisotopic (exact) mass is 739 g/mol. The largest absolute Gasteiger partial charge is 0.481 e. The van der Waals surface area contributed by atoms with Crippen LogP contribution in [-0.4, -0.2) is 80.6 Å². The normalized spacial score (nSPS) is 8.90. The summed E-state index contributed by atoms with van der Waals surface area (Å²) in [6, 6.07) is 0. The minimum Gasteiger partial charge on any atom is -0.481 e. The Balaban J connectivity index is -0.0000000637. The maximum Gasteiger partial charge on any atom is 0.303 e. The molecule has 0 aromatic heterocycles. The molecule has 0 aliphatic rings. The molecule has 0 spiro atoms. The standard InChI is InChI=1S/C18H36O2.5C4H10O.2H2O.Ti/c1-2-3-4-5-6-7-8-9-10-11-12-13-14-15-16-17-18(19)20;5*1-2-3-4-5;;;/h2-17H2,1H3,(H,19,20);5*5H,2-4H2,1H3;2*1H2;. The summed E-state index contributed by atoms with van der Waals surface area (Å²) < 4.78 is 0. The summed E-state index contributed by atoms with van der Waals surface area (Å²) in [6.07, 6.45) is 30.4. The maximum atomic E-state index is 10.3. The number of carboxylic acids is 1. The van der Waals surface area contributed by atoms with Crippen LogP contribution in [0.4, 0.5) is 0 Å². The van der Waals surface area contributed by atoms with Gasteiger partial charge in [-0.2, -0.15) is 0 Å². The van der Waals surface area contributed by atoms with Crippen LogP contribution < -0.4 is 0 Å². The molecule has 300 valence electrons. The van der Waals surface area contributed by atoms with Crippen LogP contribution in [0.1, 0.15) is 208 Å². The van der Waals surface area contributed by atoms with E-state index in [1.54, 1.807) is 0 Å². The van der Waals surface area contributed by atoms with Gasteiger partial charge in [0.15, 0.2) is 0 Å². The van der Waals surface area contributed by atoms with Gasteiger partial charge in [-0.25, -0.2) is 0 Å². The molecular weight excluding hydrogens is 648 g/mol. The molecule has 10 heteroatoms. The van der Waals surface area contributed by atoms with E-state index in [2.05, 4.69) is 41.5 Å². The number of hydrogen-bond acceptors (Lipinski definition) is 6. The van der Waals surface area contributed by atoms with E-state index in [4.69, 9.17) is 30.6 Å². The topological polar surface area (TPSA) is 201 Å². The smallest absolute Gasteiger partial charge is 0.303 e. The van der Waals surface area contributed by atoms with Crippen LogP contribution in [-0.2, 0) is 26.5 Å². The molecule has 0 unspecified atom stereocenters. The number of carbonyl (C=O) groups is 1. The molecular formula is C38H90O9Ti. The number of rotatable bonds is 26. The van der Waals surface area contributed by atoms with Crippen LogP contribution in [0.3, 0.4) is 0 Å². The molecule has 10 N–H and O–H groups in total. The molecule has 0 aromatic rings. The molecule has 0 saturated carbocycles. The third-order valence-electron chi connectivity index (χ3n) is 6.55. The van der Waals surface area contributed by atoms with Crippen LogP contribution in [0.25, 0.3) is 0 Å². The van der Waals surface area contributed by atoms with Crippen molar-refractivity contribution in [2.75, 3.05) is 33.0 Å². The second kappa shape index (κ2) is 86.0. The molecule has 0 atom stereocenters. The molecule has 48 heavy (non-hydrogen) atoms. The van der Waals surface area contributed by atoms with Gasteiger partial charge >= 0.3 is 5.97 Å². The Morgan fingerprint density at radius 3 is 0.625 bits per heavy atom. The van der Waals surface area contributed by atoms with Crippen LogP contribution in [0.5, 0.6) is 0 Å². The van der Waals surface area contributed by atoms with Gasteiger partial charge < -0.3 is 41.6 Å². The van der Waals surface area contributed by atoms with Crippen LogP contribution in [0.15, 0.2) is 0 Å². The zero-order valence-corrected chi connectivity index (χ0v) is 34.6. The molecule has 9 nitrogen and oxygen atoms in total. The average molecular weight is 739 g/mol. The zero-order valence-electron chi connectivity index (χ0n) is 33.0. The Morgan fingerprint density at radius 2 is 0.500 bits per heavy atom. The first kappa shape index (κ1) is 69.6. The number of aliphatic hydroxyl groups excluding tert-OH is 5. The van der Waals surface area contributed by atoms with Crippen LogP contribution >= 0.6 is 0 Å². The summed E-state index contributed by atoms with van der Waals surface area (Å²) in [5.41, 5.74) is 0. The van der Waals surface area contributed by atoms with Gasteiger partial charge in [0, 0.05) is 61.2 Å². The Hall–Kier alpha value is -0.0957. The van der Waals surface area contributed by atoms with Crippen molar-refractivity contribution in [1.29, 1.82) is 0 Å². The van der Waals surface area contributed by atoms with Gasteiger partial charge in [0.05, 0.1) is 0 Å². The average Bonchev–Trinajstić information content (AvgIpc) is 3.02.